The van der Waals surface area contributed by atoms with Crippen LogP contribution in [0.15, 0.2) is 30.3 Å². The average Bonchev–Trinajstić information content (AvgIpc) is 3.02. The molecule has 0 aliphatic carbocycles. The first-order chi connectivity index (χ1) is 12.9. The van der Waals surface area contributed by atoms with Crippen LogP contribution in [0.2, 0.25) is 0 Å². The van der Waals surface area contributed by atoms with Gasteiger partial charge >= 0.3 is 0 Å². The van der Waals surface area contributed by atoms with E-state index in [0.717, 1.165) is 43.6 Å². The number of nitrogens with zero attached hydrogens (tertiary/aromatic N) is 2. The first-order valence-corrected chi connectivity index (χ1v) is 9.17. The molecule has 5 nitrogen and oxygen atoms in total. The van der Waals surface area contributed by atoms with E-state index < -0.39 is 17.7 Å². The molecule has 0 bridgehead atoms. The standard InChI is InChI=1S/C20H25F2N3O2/c1-23-20(27)17-10-9-15(24(17)2)16-8-3-4-11-25(16)12-18(26)19-13(21)6-5-7-14(19)22/h5-7,9-10,16,18,26H,3-4,8,11-12H2,1-2H3,(H,23,27)/t16-,18+/m0/s1. The third kappa shape index (κ3) is 3.89. The van der Waals surface area contributed by atoms with Gasteiger partial charge in [0, 0.05) is 26.3 Å². The van der Waals surface area contributed by atoms with Gasteiger partial charge in [0.25, 0.3) is 5.91 Å². The molecule has 1 saturated heterocycles. The predicted molar refractivity (Wildman–Crippen MR) is 98.3 cm³/mol. The number of hydrogen-bond acceptors (Lipinski definition) is 3. The SMILES string of the molecule is CNC(=O)c1ccc([C@@H]2CCCCN2C[C@@H](O)c2c(F)cccc2F)n1C. The van der Waals surface area contributed by atoms with E-state index in [0.29, 0.717) is 5.69 Å². The molecule has 0 saturated carbocycles. The topological polar surface area (TPSA) is 57.5 Å². The fourth-order valence-electron chi connectivity index (χ4n) is 3.90. The van der Waals surface area contributed by atoms with E-state index in [1.165, 1.54) is 6.07 Å². The molecule has 7 heteroatoms. The summed E-state index contributed by atoms with van der Waals surface area (Å²) < 4.78 is 29.9. The number of aliphatic hydroxyl groups is 1. The van der Waals surface area contributed by atoms with Crippen LogP contribution in [0.3, 0.4) is 0 Å². The van der Waals surface area contributed by atoms with Crippen LogP contribution in [-0.2, 0) is 7.05 Å². The third-order valence-corrected chi connectivity index (χ3v) is 5.32. The Morgan fingerprint density at radius 3 is 2.63 bits per heavy atom. The van der Waals surface area contributed by atoms with Crippen molar-refractivity contribution < 1.29 is 18.7 Å². The summed E-state index contributed by atoms with van der Waals surface area (Å²) in [6, 6.07) is 7.25. The molecule has 3 rings (SSSR count). The normalized spacial score (nSPS) is 19.1. The van der Waals surface area contributed by atoms with E-state index in [4.69, 9.17) is 0 Å². The zero-order valence-electron chi connectivity index (χ0n) is 15.6. The Hall–Kier alpha value is -2.25. The molecule has 1 aliphatic rings. The van der Waals surface area contributed by atoms with Crippen molar-refractivity contribution in [1.82, 2.24) is 14.8 Å². The van der Waals surface area contributed by atoms with E-state index in [1.807, 2.05) is 22.6 Å². The molecule has 1 amide bonds. The van der Waals surface area contributed by atoms with Gasteiger partial charge in [0.1, 0.15) is 17.3 Å². The van der Waals surface area contributed by atoms with Gasteiger partial charge < -0.3 is 15.0 Å². The zero-order valence-corrected chi connectivity index (χ0v) is 15.6. The van der Waals surface area contributed by atoms with Gasteiger partial charge in [-0.25, -0.2) is 8.78 Å². The smallest absolute Gasteiger partial charge is 0.267 e. The minimum Gasteiger partial charge on any atom is -0.387 e. The second-order valence-electron chi connectivity index (χ2n) is 6.94. The van der Waals surface area contributed by atoms with Crippen LogP contribution in [-0.4, -0.2) is 40.6 Å². The molecular formula is C20H25F2N3O2. The number of rotatable bonds is 5. The summed E-state index contributed by atoms with van der Waals surface area (Å²) >= 11 is 0. The van der Waals surface area contributed by atoms with Gasteiger partial charge in [-0.05, 0) is 43.7 Å². The zero-order chi connectivity index (χ0) is 19.6. The Morgan fingerprint density at radius 2 is 1.96 bits per heavy atom. The predicted octanol–water partition coefficient (Wildman–Crippen LogP) is 2.92. The highest BCUT2D eigenvalue weighted by Gasteiger charge is 2.30. The lowest BCUT2D eigenvalue weighted by Gasteiger charge is -2.37. The summed E-state index contributed by atoms with van der Waals surface area (Å²) in [7, 11) is 3.42. The molecule has 27 heavy (non-hydrogen) atoms. The highest BCUT2D eigenvalue weighted by molar-refractivity contribution is 5.92. The second-order valence-corrected chi connectivity index (χ2v) is 6.94. The van der Waals surface area contributed by atoms with Crippen LogP contribution in [0, 0.1) is 11.6 Å². The summed E-state index contributed by atoms with van der Waals surface area (Å²) in [5, 5.41) is 13.1. The molecule has 1 aliphatic heterocycles. The van der Waals surface area contributed by atoms with Crippen LogP contribution in [0.5, 0.6) is 0 Å². The summed E-state index contributed by atoms with van der Waals surface area (Å²) in [5.74, 6) is -1.65. The Bertz CT molecular complexity index is 801. The van der Waals surface area contributed by atoms with E-state index in [9.17, 15) is 18.7 Å². The van der Waals surface area contributed by atoms with Crippen LogP contribution >= 0.6 is 0 Å². The summed E-state index contributed by atoms with van der Waals surface area (Å²) in [5.41, 5.74) is 1.22. The highest BCUT2D eigenvalue weighted by atomic mass is 19.1. The number of piperidine rings is 1. The van der Waals surface area contributed by atoms with E-state index in [1.54, 1.807) is 13.1 Å². The van der Waals surface area contributed by atoms with Crippen molar-refractivity contribution in [1.29, 1.82) is 0 Å². The molecule has 0 spiro atoms. The number of amides is 1. The molecule has 1 fully saturated rings. The van der Waals surface area contributed by atoms with Gasteiger partial charge in [-0.3, -0.25) is 9.69 Å². The monoisotopic (exact) mass is 377 g/mol. The van der Waals surface area contributed by atoms with Crippen LogP contribution in [0.25, 0.3) is 0 Å². The fraction of sp³-hybridized carbons (Fsp3) is 0.450. The summed E-state index contributed by atoms with van der Waals surface area (Å²) in [6.07, 6.45) is 1.57. The van der Waals surface area contributed by atoms with Crippen LogP contribution in [0.1, 0.15) is 53.2 Å². The van der Waals surface area contributed by atoms with Gasteiger partial charge in [0.15, 0.2) is 0 Å². The molecule has 2 atom stereocenters. The van der Waals surface area contributed by atoms with Crippen molar-refractivity contribution >= 4 is 5.91 Å². The number of benzene rings is 1. The van der Waals surface area contributed by atoms with Gasteiger partial charge in [-0.2, -0.15) is 0 Å². The molecule has 1 aromatic heterocycles. The van der Waals surface area contributed by atoms with Crippen molar-refractivity contribution in [3.05, 3.63) is 58.9 Å². The Kier molecular flexibility index (Phi) is 5.92. The van der Waals surface area contributed by atoms with E-state index >= 15 is 0 Å². The molecule has 146 valence electrons. The lowest BCUT2D eigenvalue weighted by atomic mass is 9.97. The third-order valence-electron chi connectivity index (χ3n) is 5.32. The maximum Gasteiger partial charge on any atom is 0.267 e. The van der Waals surface area contributed by atoms with Crippen LogP contribution < -0.4 is 5.32 Å². The highest BCUT2D eigenvalue weighted by Crippen LogP contribution is 2.34. The number of β-amino-alcohol motifs (C(OH)–C–C–N with tert-alkyl or cyclic N) is 1. The summed E-state index contributed by atoms with van der Waals surface area (Å²) in [4.78, 5) is 14.0. The Balaban J connectivity index is 1.84. The lowest BCUT2D eigenvalue weighted by Crippen LogP contribution is -2.38. The van der Waals surface area contributed by atoms with Gasteiger partial charge in [0.05, 0.1) is 17.7 Å². The van der Waals surface area contributed by atoms with Crippen molar-refractivity contribution in [2.24, 2.45) is 7.05 Å². The molecule has 2 N–H and O–H groups in total. The van der Waals surface area contributed by atoms with E-state index in [2.05, 4.69) is 5.32 Å². The van der Waals surface area contributed by atoms with Gasteiger partial charge in [0.2, 0.25) is 0 Å². The van der Waals surface area contributed by atoms with Crippen molar-refractivity contribution in [2.45, 2.75) is 31.4 Å². The second kappa shape index (κ2) is 8.19. The molecule has 0 radical (unpaired) electrons. The fourth-order valence-corrected chi connectivity index (χ4v) is 3.90. The van der Waals surface area contributed by atoms with E-state index in [-0.39, 0.29) is 24.1 Å². The average molecular weight is 377 g/mol. The molecule has 2 heterocycles. The number of aromatic nitrogens is 1. The largest absolute Gasteiger partial charge is 0.387 e. The first-order valence-electron chi connectivity index (χ1n) is 9.17. The van der Waals surface area contributed by atoms with Crippen molar-refractivity contribution in [3.63, 3.8) is 0 Å². The number of carbonyl (C=O) groups is 1. The molecule has 0 unspecified atom stereocenters. The maximum atomic E-state index is 14.0. The number of carbonyl (C=O) groups excluding carboxylic acids is 1. The Morgan fingerprint density at radius 1 is 1.26 bits per heavy atom. The van der Waals surface area contributed by atoms with Gasteiger partial charge in [-0.15, -0.1) is 0 Å². The number of hydrogen-bond donors (Lipinski definition) is 2. The quantitative estimate of drug-likeness (QED) is 0.842. The van der Waals surface area contributed by atoms with Crippen molar-refractivity contribution in [2.75, 3.05) is 20.1 Å². The molecule has 1 aromatic carbocycles. The molecular weight excluding hydrogens is 352 g/mol. The minimum absolute atomic E-state index is 0.0216. The number of halogens is 2. The number of likely N-dealkylation sites (tertiary alicyclic amines) is 1. The maximum absolute atomic E-state index is 14.0. The number of aliphatic hydroxyl groups excluding tert-OH is 1. The Labute approximate surface area is 157 Å². The van der Waals surface area contributed by atoms with Crippen molar-refractivity contribution in [3.8, 4) is 0 Å². The minimum atomic E-state index is -1.26. The summed E-state index contributed by atoms with van der Waals surface area (Å²) in [6.45, 7) is 0.849. The number of nitrogens with one attached hydrogen (secondary N) is 1. The van der Waals surface area contributed by atoms with Crippen LogP contribution in [0.4, 0.5) is 8.78 Å². The lowest BCUT2D eigenvalue weighted by molar-refractivity contribution is 0.0604. The molecule has 2 aromatic rings. The van der Waals surface area contributed by atoms with Gasteiger partial charge in [-0.1, -0.05) is 12.5 Å². The first kappa shape index (κ1) is 19.5.